The van der Waals surface area contributed by atoms with Crippen LogP contribution in [0.15, 0.2) is 48.8 Å². The number of hydrogen-bond donors (Lipinski definition) is 1. The number of nitrogens with zero attached hydrogens (tertiary/aromatic N) is 3. The zero-order valence-corrected chi connectivity index (χ0v) is 15.4. The van der Waals surface area contributed by atoms with Gasteiger partial charge in [-0.25, -0.2) is 9.37 Å². The predicted octanol–water partition coefficient (Wildman–Crippen LogP) is 4.22. The lowest BCUT2D eigenvalue weighted by atomic mass is 10.2. The van der Waals surface area contributed by atoms with Crippen molar-refractivity contribution in [3.63, 3.8) is 0 Å². The number of amides is 1. The molecule has 1 amide bonds. The highest BCUT2D eigenvalue weighted by Crippen LogP contribution is 2.24. The first-order valence-corrected chi connectivity index (χ1v) is 8.63. The van der Waals surface area contributed by atoms with Gasteiger partial charge in [0.2, 0.25) is 5.91 Å². The van der Waals surface area contributed by atoms with Gasteiger partial charge in [0.15, 0.2) is 0 Å². The molecule has 26 heavy (non-hydrogen) atoms. The fraction of sp³-hybridized carbons (Fsp3) is 0.300. The summed E-state index contributed by atoms with van der Waals surface area (Å²) < 4.78 is 16.2. The van der Waals surface area contributed by atoms with Crippen molar-refractivity contribution in [2.45, 2.75) is 32.9 Å². The summed E-state index contributed by atoms with van der Waals surface area (Å²) in [5.41, 5.74) is 2.66. The van der Waals surface area contributed by atoms with Crippen molar-refractivity contribution in [2.24, 2.45) is 0 Å². The number of carbonyl (C=O) groups is 1. The van der Waals surface area contributed by atoms with Crippen LogP contribution in [-0.2, 0) is 4.79 Å². The van der Waals surface area contributed by atoms with Crippen molar-refractivity contribution in [2.75, 3.05) is 17.3 Å². The van der Waals surface area contributed by atoms with Crippen LogP contribution >= 0.6 is 0 Å². The zero-order chi connectivity index (χ0) is 18.8. The summed E-state index contributed by atoms with van der Waals surface area (Å²) in [6, 6.07) is 12.1. The fourth-order valence-electron chi connectivity index (χ4n) is 2.81. The van der Waals surface area contributed by atoms with E-state index >= 15 is 0 Å². The lowest BCUT2D eigenvalue weighted by Gasteiger charge is -2.24. The van der Waals surface area contributed by atoms with Crippen LogP contribution in [0.4, 0.5) is 15.8 Å². The van der Waals surface area contributed by atoms with Crippen LogP contribution < -0.4 is 10.2 Å². The molecular weight excluding hydrogens is 331 g/mol. The minimum atomic E-state index is -0.469. The van der Waals surface area contributed by atoms with Crippen molar-refractivity contribution >= 4 is 28.3 Å². The Balaban J connectivity index is 1.78. The van der Waals surface area contributed by atoms with Crippen molar-refractivity contribution in [1.82, 2.24) is 9.55 Å². The molecule has 5 nitrogen and oxygen atoms in total. The van der Waals surface area contributed by atoms with Crippen molar-refractivity contribution < 1.29 is 9.18 Å². The van der Waals surface area contributed by atoms with Gasteiger partial charge in [0, 0.05) is 18.8 Å². The summed E-state index contributed by atoms with van der Waals surface area (Å²) in [6.45, 7) is 5.78. The van der Waals surface area contributed by atoms with Crippen molar-refractivity contribution in [1.29, 1.82) is 0 Å². The number of nitrogens with one attached hydrogen (secondary N) is 1. The predicted molar refractivity (Wildman–Crippen MR) is 103 cm³/mol. The lowest BCUT2D eigenvalue weighted by Crippen LogP contribution is -2.27. The molecular formula is C20H23FN4O. The van der Waals surface area contributed by atoms with E-state index in [0.717, 1.165) is 11.0 Å². The number of hydrogen-bond acceptors (Lipinski definition) is 3. The Morgan fingerprint density at radius 2 is 1.92 bits per heavy atom. The van der Waals surface area contributed by atoms with Crippen LogP contribution in [0.25, 0.3) is 11.0 Å². The summed E-state index contributed by atoms with van der Waals surface area (Å²) in [5.74, 6) is -0.586. The summed E-state index contributed by atoms with van der Waals surface area (Å²) >= 11 is 0. The molecule has 0 saturated heterocycles. The van der Waals surface area contributed by atoms with Gasteiger partial charge in [-0.2, -0.15) is 0 Å². The smallest absolute Gasteiger partial charge is 0.247 e. The SMILES string of the molecule is CC(C)N(C)c1ccc(NC(=O)[C@H](C)n2cnc3ccccc32)cc1F. The Bertz CT molecular complexity index is 934. The molecule has 0 spiro atoms. The number of anilines is 2. The molecule has 136 valence electrons. The maximum Gasteiger partial charge on any atom is 0.247 e. The first-order valence-electron chi connectivity index (χ1n) is 8.63. The summed E-state index contributed by atoms with van der Waals surface area (Å²) in [6.07, 6.45) is 1.65. The van der Waals surface area contributed by atoms with E-state index < -0.39 is 6.04 Å². The second kappa shape index (κ2) is 7.15. The normalized spacial score (nSPS) is 12.4. The molecule has 0 fully saturated rings. The number of para-hydroxylation sites is 2. The van der Waals surface area contributed by atoms with E-state index in [9.17, 15) is 9.18 Å². The summed E-state index contributed by atoms with van der Waals surface area (Å²) in [7, 11) is 1.84. The summed E-state index contributed by atoms with van der Waals surface area (Å²) in [5, 5.41) is 2.78. The molecule has 0 radical (unpaired) electrons. The van der Waals surface area contributed by atoms with Gasteiger partial charge in [-0.15, -0.1) is 0 Å². The van der Waals surface area contributed by atoms with Gasteiger partial charge < -0.3 is 14.8 Å². The molecule has 0 aliphatic heterocycles. The second-order valence-corrected chi connectivity index (χ2v) is 6.68. The minimum Gasteiger partial charge on any atom is -0.370 e. The third-order valence-corrected chi connectivity index (χ3v) is 4.65. The van der Waals surface area contributed by atoms with Gasteiger partial charge in [0.1, 0.15) is 11.9 Å². The Hall–Kier alpha value is -2.89. The van der Waals surface area contributed by atoms with Crippen LogP contribution in [0.5, 0.6) is 0 Å². The van der Waals surface area contributed by atoms with Gasteiger partial charge in [0.05, 0.1) is 23.0 Å². The molecule has 0 aliphatic rings. The van der Waals surface area contributed by atoms with E-state index in [1.165, 1.54) is 6.07 Å². The molecule has 0 unspecified atom stereocenters. The highest BCUT2D eigenvalue weighted by Gasteiger charge is 2.18. The largest absolute Gasteiger partial charge is 0.370 e. The van der Waals surface area contributed by atoms with E-state index in [4.69, 9.17) is 0 Å². The minimum absolute atomic E-state index is 0.180. The third-order valence-electron chi connectivity index (χ3n) is 4.65. The number of fused-ring (bicyclic) bond motifs is 1. The first kappa shape index (κ1) is 17.9. The monoisotopic (exact) mass is 354 g/mol. The van der Waals surface area contributed by atoms with Gasteiger partial charge in [-0.1, -0.05) is 12.1 Å². The van der Waals surface area contributed by atoms with Crippen LogP contribution in [0.2, 0.25) is 0 Å². The Morgan fingerprint density at radius 1 is 1.19 bits per heavy atom. The van der Waals surface area contributed by atoms with Crippen LogP contribution in [0.1, 0.15) is 26.8 Å². The Labute approximate surface area is 152 Å². The molecule has 1 atom stereocenters. The van der Waals surface area contributed by atoms with Gasteiger partial charge in [-0.05, 0) is 51.1 Å². The second-order valence-electron chi connectivity index (χ2n) is 6.68. The average molecular weight is 354 g/mol. The highest BCUT2D eigenvalue weighted by atomic mass is 19.1. The van der Waals surface area contributed by atoms with E-state index in [1.807, 2.05) is 54.6 Å². The average Bonchev–Trinajstić information content (AvgIpc) is 3.04. The van der Waals surface area contributed by atoms with Crippen LogP contribution in [0.3, 0.4) is 0 Å². The van der Waals surface area contributed by atoms with Crippen LogP contribution in [0, 0.1) is 5.82 Å². The molecule has 6 heteroatoms. The Kier molecular flexibility index (Phi) is 4.93. The van der Waals surface area contributed by atoms with E-state index in [2.05, 4.69) is 10.3 Å². The molecule has 0 aliphatic carbocycles. The van der Waals surface area contributed by atoms with Crippen molar-refractivity contribution in [3.8, 4) is 0 Å². The topological polar surface area (TPSA) is 50.2 Å². The molecule has 1 N–H and O–H groups in total. The molecule has 0 bridgehead atoms. The molecule has 0 saturated carbocycles. The molecule has 2 aromatic carbocycles. The number of benzene rings is 2. The third kappa shape index (κ3) is 3.40. The molecule has 3 rings (SSSR count). The molecule has 3 aromatic rings. The van der Waals surface area contributed by atoms with Gasteiger partial charge in [0.25, 0.3) is 0 Å². The standard InChI is InChI=1S/C20H23FN4O/c1-13(2)24(4)18-10-9-15(11-16(18)21)23-20(26)14(3)25-12-22-17-7-5-6-8-19(17)25/h5-14H,1-4H3,(H,23,26)/t14-/m0/s1. The van der Waals surface area contributed by atoms with E-state index in [-0.39, 0.29) is 17.8 Å². The van der Waals surface area contributed by atoms with Gasteiger partial charge >= 0.3 is 0 Å². The van der Waals surface area contributed by atoms with Crippen LogP contribution in [-0.4, -0.2) is 28.5 Å². The number of halogens is 1. The summed E-state index contributed by atoms with van der Waals surface area (Å²) in [4.78, 5) is 18.8. The fourth-order valence-corrected chi connectivity index (χ4v) is 2.81. The quantitative estimate of drug-likeness (QED) is 0.746. The van der Waals surface area contributed by atoms with Crippen molar-refractivity contribution in [3.05, 3.63) is 54.6 Å². The zero-order valence-electron chi connectivity index (χ0n) is 15.4. The number of imidazole rings is 1. The first-order chi connectivity index (χ1) is 12.4. The lowest BCUT2D eigenvalue weighted by molar-refractivity contribution is -0.118. The maximum absolute atomic E-state index is 14.4. The van der Waals surface area contributed by atoms with E-state index in [1.54, 1.807) is 25.4 Å². The number of aromatic nitrogens is 2. The van der Waals surface area contributed by atoms with Gasteiger partial charge in [-0.3, -0.25) is 4.79 Å². The Morgan fingerprint density at radius 3 is 2.62 bits per heavy atom. The highest BCUT2D eigenvalue weighted by molar-refractivity contribution is 5.94. The number of rotatable bonds is 5. The number of carbonyl (C=O) groups excluding carboxylic acids is 1. The van der Waals surface area contributed by atoms with E-state index in [0.29, 0.717) is 11.4 Å². The maximum atomic E-state index is 14.4. The molecule has 1 heterocycles. The molecule has 1 aromatic heterocycles.